The first-order valence-corrected chi connectivity index (χ1v) is 9.28. The maximum Gasteiger partial charge on any atom is 0.148 e. The lowest BCUT2D eigenvalue weighted by Crippen LogP contribution is -3.15. The van der Waals surface area contributed by atoms with Crippen LogP contribution in [0.3, 0.4) is 0 Å². The molecule has 1 aliphatic heterocycles. The molecule has 0 bridgehead atoms. The van der Waals surface area contributed by atoms with Crippen LogP contribution in [0.25, 0.3) is 0 Å². The molecule has 2 nitrogen and oxygen atoms in total. The fourth-order valence-corrected chi connectivity index (χ4v) is 6.14. The molecule has 1 aromatic rings. The van der Waals surface area contributed by atoms with Crippen molar-refractivity contribution >= 4 is 13.3 Å². The smallest absolute Gasteiger partial charge is 0.148 e. The SMILES string of the molecule is C[Si](C)(c1ccccc1)[C@@H]1CCCC[NH+]1[O-]. The van der Waals surface area contributed by atoms with Crippen molar-refractivity contribution in [2.45, 2.75) is 38.0 Å². The number of piperidine rings is 1. The summed E-state index contributed by atoms with van der Waals surface area (Å²) in [4.78, 5) is 0. The molecule has 1 aromatic carbocycles. The zero-order valence-electron chi connectivity index (χ0n) is 10.2. The molecule has 0 saturated carbocycles. The summed E-state index contributed by atoms with van der Waals surface area (Å²) in [5.41, 5.74) is 0.351. The van der Waals surface area contributed by atoms with Crippen LogP contribution in [0.2, 0.25) is 13.1 Å². The van der Waals surface area contributed by atoms with Crippen LogP contribution in [0.15, 0.2) is 30.3 Å². The van der Waals surface area contributed by atoms with E-state index >= 15 is 0 Å². The van der Waals surface area contributed by atoms with E-state index in [1.54, 1.807) is 0 Å². The maximum absolute atomic E-state index is 12.0. The van der Waals surface area contributed by atoms with E-state index in [1.165, 1.54) is 11.6 Å². The highest BCUT2D eigenvalue weighted by atomic mass is 28.3. The van der Waals surface area contributed by atoms with Crippen LogP contribution in [0, 0.1) is 5.21 Å². The summed E-state index contributed by atoms with van der Waals surface area (Å²) in [6.07, 6.45) is 3.46. The van der Waals surface area contributed by atoms with Crippen molar-refractivity contribution in [1.29, 1.82) is 0 Å². The molecular weight excluding hydrogens is 214 g/mol. The number of hydrogen-bond acceptors (Lipinski definition) is 1. The molecule has 2 atom stereocenters. The lowest BCUT2D eigenvalue weighted by molar-refractivity contribution is -0.868. The van der Waals surface area contributed by atoms with E-state index < -0.39 is 8.07 Å². The summed E-state index contributed by atoms with van der Waals surface area (Å²) in [6, 6.07) is 10.6. The first-order chi connectivity index (χ1) is 7.62. The van der Waals surface area contributed by atoms with E-state index in [4.69, 9.17) is 0 Å². The molecule has 1 fully saturated rings. The molecule has 2 rings (SSSR count). The zero-order valence-corrected chi connectivity index (χ0v) is 11.2. The highest BCUT2D eigenvalue weighted by Gasteiger charge is 2.39. The summed E-state index contributed by atoms with van der Waals surface area (Å²) in [5.74, 6) is 0. The number of benzene rings is 1. The Morgan fingerprint density at radius 1 is 1.19 bits per heavy atom. The molecule has 3 heteroatoms. The molecule has 1 N–H and O–H groups in total. The van der Waals surface area contributed by atoms with Crippen molar-refractivity contribution in [3.8, 4) is 0 Å². The Hall–Kier alpha value is -0.643. The van der Waals surface area contributed by atoms with Crippen molar-refractivity contribution < 1.29 is 5.06 Å². The first kappa shape index (κ1) is 11.8. The summed E-state index contributed by atoms with van der Waals surface area (Å²) >= 11 is 0. The van der Waals surface area contributed by atoms with E-state index in [9.17, 15) is 5.21 Å². The maximum atomic E-state index is 12.0. The Kier molecular flexibility index (Phi) is 3.47. The van der Waals surface area contributed by atoms with Gasteiger partial charge in [-0.05, 0) is 19.3 Å². The van der Waals surface area contributed by atoms with Gasteiger partial charge in [-0.25, -0.2) is 0 Å². The minimum atomic E-state index is -1.59. The second kappa shape index (κ2) is 4.70. The third kappa shape index (κ3) is 2.21. The Bertz CT molecular complexity index is 339. The van der Waals surface area contributed by atoms with E-state index in [0.29, 0.717) is 10.7 Å². The van der Waals surface area contributed by atoms with Gasteiger partial charge < -0.3 is 10.3 Å². The average molecular weight is 235 g/mol. The van der Waals surface area contributed by atoms with Crippen molar-refractivity contribution in [2.75, 3.05) is 6.54 Å². The van der Waals surface area contributed by atoms with Gasteiger partial charge in [-0.3, -0.25) is 0 Å². The molecule has 0 amide bonds. The highest BCUT2D eigenvalue weighted by Crippen LogP contribution is 2.15. The summed E-state index contributed by atoms with van der Waals surface area (Å²) in [6.45, 7) is 5.50. The van der Waals surface area contributed by atoms with Gasteiger partial charge in [-0.15, -0.1) is 0 Å². The van der Waals surface area contributed by atoms with Gasteiger partial charge in [0.05, 0.1) is 12.2 Å². The Morgan fingerprint density at radius 3 is 2.50 bits per heavy atom. The standard InChI is InChI=1S/C13H21NOSi/c1-16(2,12-8-4-3-5-9-12)13-10-6-7-11-14(13)15/h3-5,8-9,13-14H,6-7,10-11H2,1-2H3/t13-/m1/s1. The minimum absolute atomic E-state index is 0.351. The van der Waals surface area contributed by atoms with E-state index in [-0.39, 0.29) is 0 Å². The highest BCUT2D eigenvalue weighted by molar-refractivity contribution is 6.90. The fourth-order valence-electron chi connectivity index (χ4n) is 2.82. The minimum Gasteiger partial charge on any atom is -0.634 e. The molecule has 0 radical (unpaired) electrons. The molecule has 1 unspecified atom stereocenters. The molecule has 0 aromatic heterocycles. The number of nitrogens with one attached hydrogen (secondary N) is 1. The third-order valence-corrected chi connectivity index (χ3v) is 8.12. The van der Waals surface area contributed by atoms with E-state index in [2.05, 4.69) is 43.4 Å². The number of quaternary nitrogens is 1. The lowest BCUT2D eigenvalue weighted by atomic mass is 10.2. The van der Waals surface area contributed by atoms with Gasteiger partial charge in [0.1, 0.15) is 8.07 Å². The topological polar surface area (TPSA) is 27.5 Å². The molecular formula is C13H21NOSi. The lowest BCUT2D eigenvalue weighted by Gasteiger charge is -2.43. The molecule has 0 aliphatic carbocycles. The molecule has 0 spiro atoms. The van der Waals surface area contributed by atoms with Crippen LogP contribution in [0.1, 0.15) is 19.3 Å². The van der Waals surface area contributed by atoms with Crippen molar-refractivity contribution in [2.24, 2.45) is 0 Å². The van der Waals surface area contributed by atoms with Crippen molar-refractivity contribution in [3.05, 3.63) is 35.5 Å². The van der Waals surface area contributed by atoms with Gasteiger partial charge >= 0.3 is 0 Å². The number of hydroxylamine groups is 2. The van der Waals surface area contributed by atoms with Crippen LogP contribution in [-0.2, 0) is 0 Å². The third-order valence-electron chi connectivity index (χ3n) is 3.94. The van der Waals surface area contributed by atoms with Gasteiger partial charge in [0.25, 0.3) is 0 Å². The monoisotopic (exact) mass is 235 g/mol. The Balaban J connectivity index is 2.23. The van der Waals surface area contributed by atoms with Gasteiger partial charge in [0.2, 0.25) is 0 Å². The van der Waals surface area contributed by atoms with Crippen LogP contribution in [-0.4, -0.2) is 20.3 Å². The predicted octanol–water partition coefficient (Wildman–Crippen LogP) is 1.08. The predicted molar refractivity (Wildman–Crippen MR) is 70.4 cm³/mol. The summed E-state index contributed by atoms with van der Waals surface area (Å²) in [5, 5.41) is 14.0. The molecule has 1 heterocycles. The normalized spacial score (nSPS) is 26.7. The second-order valence-corrected chi connectivity index (χ2v) is 10.1. The summed E-state index contributed by atoms with van der Waals surface area (Å²) < 4.78 is 0. The Morgan fingerprint density at radius 2 is 1.88 bits per heavy atom. The van der Waals surface area contributed by atoms with Crippen LogP contribution < -0.4 is 10.2 Å². The van der Waals surface area contributed by atoms with Crippen molar-refractivity contribution in [3.63, 3.8) is 0 Å². The molecule has 88 valence electrons. The van der Waals surface area contributed by atoms with Crippen LogP contribution in [0.4, 0.5) is 0 Å². The van der Waals surface area contributed by atoms with Gasteiger partial charge in [0.15, 0.2) is 0 Å². The van der Waals surface area contributed by atoms with Gasteiger partial charge in [0, 0.05) is 0 Å². The van der Waals surface area contributed by atoms with Crippen LogP contribution in [0.5, 0.6) is 0 Å². The largest absolute Gasteiger partial charge is 0.634 e. The quantitative estimate of drug-likeness (QED) is 0.603. The van der Waals surface area contributed by atoms with Crippen molar-refractivity contribution in [1.82, 2.24) is 0 Å². The molecule has 1 aliphatic rings. The summed E-state index contributed by atoms with van der Waals surface area (Å²) in [7, 11) is -1.59. The molecule has 16 heavy (non-hydrogen) atoms. The fraction of sp³-hybridized carbons (Fsp3) is 0.538. The van der Waals surface area contributed by atoms with E-state index in [1.807, 2.05) is 0 Å². The first-order valence-electron chi connectivity index (χ1n) is 6.20. The number of hydrogen-bond donors (Lipinski definition) is 1. The number of rotatable bonds is 2. The van der Waals surface area contributed by atoms with Crippen LogP contribution >= 0.6 is 0 Å². The zero-order chi connectivity index (χ0) is 11.6. The van der Waals surface area contributed by atoms with E-state index in [0.717, 1.165) is 19.4 Å². The van der Waals surface area contributed by atoms with Gasteiger partial charge in [-0.2, -0.15) is 0 Å². The second-order valence-electron chi connectivity index (χ2n) is 5.35. The van der Waals surface area contributed by atoms with Gasteiger partial charge in [-0.1, -0.05) is 48.6 Å². The Labute approximate surface area is 98.9 Å². The molecule has 1 saturated heterocycles. The average Bonchev–Trinajstić information content (AvgIpc) is 2.30.